The third-order valence-corrected chi connectivity index (χ3v) is 2.02. The summed E-state index contributed by atoms with van der Waals surface area (Å²) in [5.74, 6) is 0. The van der Waals surface area contributed by atoms with Crippen molar-refractivity contribution in [1.29, 1.82) is 5.26 Å². The first-order valence-corrected chi connectivity index (χ1v) is 3.98. The van der Waals surface area contributed by atoms with Gasteiger partial charge in [0.15, 0.2) is 5.69 Å². The van der Waals surface area contributed by atoms with E-state index in [0.29, 0.717) is 15.5 Å². The van der Waals surface area contributed by atoms with Crippen molar-refractivity contribution in [3.05, 3.63) is 46.4 Å². The summed E-state index contributed by atoms with van der Waals surface area (Å²) in [6.07, 6.45) is 0. The molecule has 0 unspecified atom stereocenters. The Morgan fingerprint density at radius 1 is 1.36 bits per heavy atom. The molecule has 0 aliphatic heterocycles. The molecule has 1 aromatic heterocycles. The first kappa shape index (κ1) is 8.32. The molecule has 1 aromatic carbocycles. The molecule has 0 aliphatic carbocycles. The zero-order valence-corrected chi connectivity index (χ0v) is 7.14. The highest BCUT2D eigenvalue weighted by Gasteiger charge is 2.06. The Morgan fingerprint density at radius 3 is 2.79 bits per heavy atom. The molecule has 68 valence electrons. The molecule has 2 rings (SSSR count). The van der Waals surface area contributed by atoms with Gasteiger partial charge < -0.3 is 5.21 Å². The summed E-state index contributed by atoms with van der Waals surface area (Å²) in [5, 5.41) is 19.0. The highest BCUT2D eigenvalue weighted by Crippen LogP contribution is 2.10. The number of benzene rings is 1. The number of nitrogens with zero attached hydrogens (tertiary/aromatic N) is 2. The molecular formula is C10H6N2O2. The Labute approximate surface area is 79.2 Å². The molecule has 0 saturated heterocycles. The van der Waals surface area contributed by atoms with Gasteiger partial charge in [-0.3, -0.25) is 4.79 Å². The van der Waals surface area contributed by atoms with Crippen molar-refractivity contribution in [3.8, 4) is 6.07 Å². The van der Waals surface area contributed by atoms with Crippen LogP contribution in [0.3, 0.4) is 0 Å². The minimum atomic E-state index is -0.570. The maximum atomic E-state index is 11.5. The van der Waals surface area contributed by atoms with Crippen LogP contribution in [-0.2, 0) is 0 Å². The van der Waals surface area contributed by atoms with Crippen LogP contribution in [0.4, 0.5) is 0 Å². The van der Waals surface area contributed by atoms with Gasteiger partial charge in [0.25, 0.3) is 5.56 Å². The average molecular weight is 186 g/mol. The van der Waals surface area contributed by atoms with E-state index < -0.39 is 5.56 Å². The van der Waals surface area contributed by atoms with E-state index >= 15 is 0 Å². The molecule has 0 bridgehead atoms. The first-order chi connectivity index (χ1) is 6.74. The third-order valence-electron chi connectivity index (χ3n) is 2.02. The summed E-state index contributed by atoms with van der Waals surface area (Å²) in [4.78, 5) is 11.5. The lowest BCUT2D eigenvalue weighted by Gasteiger charge is -2.01. The number of hydrogen-bond donors (Lipinski definition) is 1. The van der Waals surface area contributed by atoms with Gasteiger partial charge in [-0.15, -0.1) is 4.73 Å². The highest BCUT2D eigenvalue weighted by atomic mass is 16.5. The maximum Gasteiger partial charge on any atom is 0.291 e. The van der Waals surface area contributed by atoms with Gasteiger partial charge in [0.05, 0.1) is 5.39 Å². The van der Waals surface area contributed by atoms with Gasteiger partial charge in [0.1, 0.15) is 6.07 Å². The summed E-state index contributed by atoms with van der Waals surface area (Å²) in [7, 11) is 0. The van der Waals surface area contributed by atoms with E-state index in [1.807, 2.05) is 0 Å². The van der Waals surface area contributed by atoms with Crippen LogP contribution in [-0.4, -0.2) is 9.94 Å². The van der Waals surface area contributed by atoms with Crippen molar-refractivity contribution < 1.29 is 5.21 Å². The van der Waals surface area contributed by atoms with Gasteiger partial charge in [0.2, 0.25) is 0 Å². The predicted octanol–water partition coefficient (Wildman–Crippen LogP) is 1.11. The van der Waals surface area contributed by atoms with Crippen molar-refractivity contribution in [2.45, 2.75) is 0 Å². The fraction of sp³-hybridized carbons (Fsp3) is 0. The number of pyridine rings is 1. The normalized spacial score (nSPS) is 9.93. The number of fused-ring (bicyclic) bond motifs is 1. The van der Waals surface area contributed by atoms with Crippen molar-refractivity contribution in [2.24, 2.45) is 0 Å². The Balaban J connectivity index is 3.02. The summed E-state index contributed by atoms with van der Waals surface area (Å²) < 4.78 is 0.363. The van der Waals surface area contributed by atoms with Crippen molar-refractivity contribution in [2.75, 3.05) is 0 Å². The van der Waals surface area contributed by atoms with E-state index in [9.17, 15) is 10.0 Å². The average Bonchev–Trinajstić information content (AvgIpc) is 2.23. The van der Waals surface area contributed by atoms with Gasteiger partial charge >= 0.3 is 0 Å². The lowest BCUT2D eigenvalue weighted by molar-refractivity contribution is 0.174. The molecule has 2 aromatic rings. The van der Waals surface area contributed by atoms with E-state index in [-0.39, 0.29) is 5.69 Å². The van der Waals surface area contributed by atoms with Gasteiger partial charge in [-0.05, 0) is 17.5 Å². The second-order valence-electron chi connectivity index (χ2n) is 2.85. The molecule has 14 heavy (non-hydrogen) atoms. The van der Waals surface area contributed by atoms with Crippen LogP contribution in [0.25, 0.3) is 10.8 Å². The van der Waals surface area contributed by atoms with Crippen LogP contribution in [0, 0.1) is 11.3 Å². The van der Waals surface area contributed by atoms with E-state index in [4.69, 9.17) is 5.26 Å². The highest BCUT2D eigenvalue weighted by molar-refractivity contribution is 5.82. The zero-order valence-electron chi connectivity index (χ0n) is 7.14. The van der Waals surface area contributed by atoms with E-state index in [1.165, 1.54) is 6.07 Å². The molecule has 0 radical (unpaired) electrons. The van der Waals surface area contributed by atoms with E-state index in [2.05, 4.69) is 0 Å². The number of hydrogen-bond acceptors (Lipinski definition) is 3. The van der Waals surface area contributed by atoms with Crippen LogP contribution in [0.15, 0.2) is 35.1 Å². The SMILES string of the molecule is N#Cc1cc2ccccc2c(=O)n1O. The maximum absolute atomic E-state index is 11.5. The monoisotopic (exact) mass is 186 g/mol. The third kappa shape index (κ3) is 1.04. The van der Waals surface area contributed by atoms with Crippen LogP contribution < -0.4 is 5.56 Å². The fourth-order valence-corrected chi connectivity index (χ4v) is 1.33. The standard InChI is InChI=1S/C10H6N2O2/c11-6-8-5-7-3-1-2-4-9(7)10(13)12(8)14/h1-5,14H. The number of rotatable bonds is 0. The predicted molar refractivity (Wildman–Crippen MR) is 50.1 cm³/mol. The smallest absolute Gasteiger partial charge is 0.291 e. The van der Waals surface area contributed by atoms with Gasteiger partial charge in [-0.2, -0.15) is 5.26 Å². The molecule has 1 N–H and O–H groups in total. The minimum absolute atomic E-state index is 0.0614. The molecular weight excluding hydrogens is 180 g/mol. The Hall–Kier alpha value is -2.28. The summed E-state index contributed by atoms with van der Waals surface area (Å²) in [5.41, 5.74) is -0.631. The van der Waals surface area contributed by atoms with Gasteiger partial charge in [0, 0.05) is 0 Å². The lowest BCUT2D eigenvalue weighted by atomic mass is 10.1. The minimum Gasteiger partial charge on any atom is -0.424 e. The topological polar surface area (TPSA) is 66.0 Å². The molecule has 4 nitrogen and oxygen atoms in total. The molecule has 1 heterocycles. The quantitative estimate of drug-likeness (QED) is 0.626. The summed E-state index contributed by atoms with van der Waals surface area (Å²) in [6.45, 7) is 0. The molecule has 0 saturated carbocycles. The fourth-order valence-electron chi connectivity index (χ4n) is 1.33. The van der Waals surface area contributed by atoms with Crippen molar-refractivity contribution in [3.63, 3.8) is 0 Å². The van der Waals surface area contributed by atoms with Crippen LogP contribution in [0.5, 0.6) is 0 Å². The first-order valence-electron chi connectivity index (χ1n) is 3.98. The van der Waals surface area contributed by atoms with E-state index in [1.54, 1.807) is 30.3 Å². The number of aromatic nitrogens is 1. The molecule has 0 fully saturated rings. The second-order valence-corrected chi connectivity index (χ2v) is 2.85. The molecule has 0 amide bonds. The van der Waals surface area contributed by atoms with E-state index in [0.717, 1.165) is 0 Å². The second kappa shape index (κ2) is 2.89. The Bertz CT molecular complexity index is 593. The largest absolute Gasteiger partial charge is 0.424 e. The zero-order chi connectivity index (χ0) is 10.1. The molecule has 0 aliphatic rings. The van der Waals surface area contributed by atoms with Crippen LogP contribution in [0.1, 0.15) is 5.69 Å². The van der Waals surface area contributed by atoms with Crippen molar-refractivity contribution >= 4 is 10.8 Å². The summed E-state index contributed by atoms with van der Waals surface area (Å²) >= 11 is 0. The summed E-state index contributed by atoms with van der Waals surface area (Å²) in [6, 6.07) is 10.0. The van der Waals surface area contributed by atoms with Gasteiger partial charge in [-0.1, -0.05) is 18.2 Å². The lowest BCUT2D eigenvalue weighted by Crippen LogP contribution is -2.19. The van der Waals surface area contributed by atoms with Crippen molar-refractivity contribution in [1.82, 2.24) is 4.73 Å². The van der Waals surface area contributed by atoms with Crippen LogP contribution >= 0.6 is 0 Å². The van der Waals surface area contributed by atoms with Gasteiger partial charge in [-0.25, -0.2) is 0 Å². The molecule has 0 atom stereocenters. The molecule has 4 heteroatoms. The van der Waals surface area contributed by atoms with Crippen LogP contribution in [0.2, 0.25) is 0 Å². The number of nitriles is 1. The Kier molecular flexibility index (Phi) is 1.72. The molecule has 0 spiro atoms. The Morgan fingerprint density at radius 2 is 2.07 bits per heavy atom.